The molecule has 128 valence electrons. The summed E-state index contributed by atoms with van der Waals surface area (Å²) in [4.78, 5) is 23.4. The van der Waals surface area contributed by atoms with E-state index in [9.17, 15) is 4.79 Å². The number of imidazole rings is 1. The molecule has 0 amide bonds. The van der Waals surface area contributed by atoms with Gasteiger partial charge in [-0.1, -0.05) is 18.2 Å². The average molecular weight is 337 g/mol. The molecule has 0 aliphatic carbocycles. The lowest BCUT2D eigenvalue weighted by Gasteiger charge is -2.30. The number of hydrogen-bond acceptors (Lipinski definition) is 6. The Labute approximate surface area is 145 Å². The Bertz CT molecular complexity index is 870. The maximum absolute atomic E-state index is 12.7. The second-order valence-electron chi connectivity index (χ2n) is 6.28. The van der Waals surface area contributed by atoms with Crippen LogP contribution in [0.2, 0.25) is 0 Å². The minimum absolute atomic E-state index is 0.0731. The van der Waals surface area contributed by atoms with E-state index in [-0.39, 0.29) is 11.7 Å². The molecule has 0 unspecified atom stereocenters. The monoisotopic (exact) mass is 337 g/mol. The van der Waals surface area contributed by atoms with Crippen molar-refractivity contribution in [1.29, 1.82) is 0 Å². The smallest absolute Gasteiger partial charge is 0.266 e. The highest BCUT2D eigenvalue weighted by atomic mass is 16.5. The number of anilines is 1. The number of piperidine rings is 1. The van der Waals surface area contributed by atoms with Crippen LogP contribution in [0.5, 0.6) is 0 Å². The molecule has 1 saturated heterocycles. The first kappa shape index (κ1) is 15.6. The van der Waals surface area contributed by atoms with Crippen molar-refractivity contribution < 1.29 is 9.32 Å². The number of carbonyl (C=O) groups is 1. The average Bonchev–Trinajstić information content (AvgIpc) is 3.31. The van der Waals surface area contributed by atoms with Gasteiger partial charge in [0.2, 0.25) is 5.78 Å². The van der Waals surface area contributed by atoms with Gasteiger partial charge in [0.1, 0.15) is 0 Å². The fourth-order valence-electron chi connectivity index (χ4n) is 3.20. The van der Waals surface area contributed by atoms with E-state index < -0.39 is 0 Å². The summed E-state index contributed by atoms with van der Waals surface area (Å²) in [6.45, 7) is 1.40. The van der Waals surface area contributed by atoms with Gasteiger partial charge in [0, 0.05) is 44.0 Å². The standard InChI is InChI=1S/C18H19N5O2/c1-22-11-9-19-16(22)15(24)14-8-5-10-23(12-14)18-20-17(25-21-18)13-6-3-2-4-7-13/h2-4,6-7,9,11,14H,5,8,10,12H2,1H3/t14-/m1/s1. The molecule has 3 aromatic rings. The lowest BCUT2D eigenvalue weighted by Crippen LogP contribution is -2.39. The van der Waals surface area contributed by atoms with Crippen LogP contribution in [-0.2, 0) is 7.05 Å². The highest BCUT2D eigenvalue weighted by Gasteiger charge is 2.30. The van der Waals surface area contributed by atoms with E-state index in [0.717, 1.165) is 24.9 Å². The van der Waals surface area contributed by atoms with E-state index >= 15 is 0 Å². The summed E-state index contributed by atoms with van der Waals surface area (Å²) < 4.78 is 7.15. The summed E-state index contributed by atoms with van der Waals surface area (Å²) in [5, 5.41) is 4.10. The maximum Gasteiger partial charge on any atom is 0.266 e. The summed E-state index contributed by atoms with van der Waals surface area (Å²) in [5.74, 6) is 1.51. The van der Waals surface area contributed by atoms with E-state index in [1.807, 2.05) is 42.3 Å². The second kappa shape index (κ2) is 6.51. The molecule has 1 atom stereocenters. The highest BCUT2D eigenvalue weighted by molar-refractivity contribution is 5.95. The number of hydrogen-bond donors (Lipinski definition) is 0. The van der Waals surface area contributed by atoms with E-state index in [2.05, 4.69) is 15.1 Å². The Balaban J connectivity index is 1.51. The summed E-state index contributed by atoms with van der Waals surface area (Å²) >= 11 is 0. The van der Waals surface area contributed by atoms with Gasteiger partial charge < -0.3 is 14.0 Å². The number of benzene rings is 1. The van der Waals surface area contributed by atoms with Crippen molar-refractivity contribution in [3.63, 3.8) is 0 Å². The summed E-state index contributed by atoms with van der Waals surface area (Å²) in [6, 6.07) is 9.67. The molecule has 25 heavy (non-hydrogen) atoms. The molecule has 1 aromatic carbocycles. The van der Waals surface area contributed by atoms with Gasteiger partial charge in [-0.05, 0) is 30.1 Å². The van der Waals surface area contributed by atoms with Crippen molar-refractivity contribution in [2.45, 2.75) is 12.8 Å². The molecule has 0 N–H and O–H groups in total. The van der Waals surface area contributed by atoms with Crippen LogP contribution >= 0.6 is 0 Å². The lowest BCUT2D eigenvalue weighted by atomic mass is 9.93. The topological polar surface area (TPSA) is 77.0 Å². The third kappa shape index (κ3) is 3.05. The van der Waals surface area contributed by atoms with Crippen LogP contribution in [-0.4, -0.2) is 38.6 Å². The van der Waals surface area contributed by atoms with Crippen LogP contribution < -0.4 is 4.90 Å². The van der Waals surface area contributed by atoms with Crippen LogP contribution in [0.15, 0.2) is 47.2 Å². The third-order valence-electron chi connectivity index (χ3n) is 4.55. The molecule has 7 nitrogen and oxygen atoms in total. The molecule has 7 heteroatoms. The summed E-state index contributed by atoms with van der Waals surface area (Å²) in [6.07, 6.45) is 5.21. The van der Waals surface area contributed by atoms with Crippen molar-refractivity contribution in [1.82, 2.24) is 19.7 Å². The first-order valence-electron chi connectivity index (χ1n) is 8.38. The second-order valence-corrected chi connectivity index (χ2v) is 6.28. The van der Waals surface area contributed by atoms with Gasteiger partial charge in [-0.2, -0.15) is 4.98 Å². The van der Waals surface area contributed by atoms with Crippen molar-refractivity contribution in [3.8, 4) is 11.5 Å². The number of ketones is 1. The van der Waals surface area contributed by atoms with Crippen LogP contribution in [0.25, 0.3) is 11.5 Å². The van der Waals surface area contributed by atoms with Gasteiger partial charge >= 0.3 is 0 Å². The first-order valence-corrected chi connectivity index (χ1v) is 8.38. The third-order valence-corrected chi connectivity index (χ3v) is 4.55. The molecule has 1 aliphatic heterocycles. The van der Waals surface area contributed by atoms with Gasteiger partial charge in [-0.25, -0.2) is 4.98 Å². The van der Waals surface area contributed by atoms with Gasteiger partial charge in [0.15, 0.2) is 5.82 Å². The van der Waals surface area contributed by atoms with Gasteiger partial charge in [-0.3, -0.25) is 4.79 Å². The fourth-order valence-corrected chi connectivity index (χ4v) is 3.20. The molecule has 0 radical (unpaired) electrons. The van der Waals surface area contributed by atoms with Crippen molar-refractivity contribution in [2.24, 2.45) is 13.0 Å². The van der Waals surface area contributed by atoms with Gasteiger partial charge in [-0.15, -0.1) is 0 Å². The quantitative estimate of drug-likeness (QED) is 0.681. The Kier molecular flexibility index (Phi) is 4.05. The maximum atomic E-state index is 12.7. The molecule has 1 aliphatic rings. The number of carbonyl (C=O) groups excluding carboxylic acids is 1. The zero-order chi connectivity index (χ0) is 17.2. The minimum atomic E-state index is -0.103. The van der Waals surface area contributed by atoms with E-state index in [0.29, 0.717) is 24.2 Å². The molecule has 1 fully saturated rings. The first-order chi connectivity index (χ1) is 12.2. The number of aryl methyl sites for hydroxylation is 1. The van der Waals surface area contributed by atoms with E-state index in [4.69, 9.17) is 4.52 Å². The lowest BCUT2D eigenvalue weighted by molar-refractivity contribution is 0.0893. The molecular weight excluding hydrogens is 318 g/mol. The Morgan fingerprint density at radius 2 is 2.12 bits per heavy atom. The molecule has 3 heterocycles. The van der Waals surface area contributed by atoms with E-state index in [1.165, 1.54) is 0 Å². The molecule has 2 aromatic heterocycles. The van der Waals surface area contributed by atoms with Crippen LogP contribution in [0.1, 0.15) is 23.5 Å². The SMILES string of the molecule is Cn1ccnc1C(=O)[C@@H]1CCCN(c2noc(-c3ccccc3)n2)C1. The van der Waals surface area contributed by atoms with Crippen LogP contribution in [0.4, 0.5) is 5.95 Å². The normalized spacial score (nSPS) is 17.6. The summed E-state index contributed by atoms with van der Waals surface area (Å²) in [5.41, 5.74) is 0.888. The van der Waals surface area contributed by atoms with Gasteiger partial charge in [0.05, 0.1) is 0 Å². The predicted octanol–water partition coefficient (Wildman–Crippen LogP) is 2.57. The van der Waals surface area contributed by atoms with Crippen LogP contribution in [0, 0.1) is 5.92 Å². The number of nitrogens with zero attached hydrogens (tertiary/aromatic N) is 5. The molecular formula is C18H19N5O2. The minimum Gasteiger partial charge on any atom is -0.337 e. The Hall–Kier alpha value is -2.96. The predicted molar refractivity (Wildman–Crippen MR) is 92.2 cm³/mol. The Morgan fingerprint density at radius 1 is 1.28 bits per heavy atom. The van der Waals surface area contributed by atoms with Crippen molar-refractivity contribution in [3.05, 3.63) is 48.5 Å². The number of Topliss-reactive ketones (excluding diaryl/α,β-unsaturated/α-hetero) is 1. The van der Waals surface area contributed by atoms with Crippen LogP contribution in [0.3, 0.4) is 0 Å². The Morgan fingerprint density at radius 3 is 2.88 bits per heavy atom. The number of aromatic nitrogens is 4. The molecule has 0 bridgehead atoms. The van der Waals surface area contributed by atoms with E-state index in [1.54, 1.807) is 17.0 Å². The van der Waals surface area contributed by atoms with Crippen molar-refractivity contribution >= 4 is 11.7 Å². The fraction of sp³-hybridized carbons (Fsp3) is 0.333. The number of rotatable bonds is 4. The largest absolute Gasteiger partial charge is 0.337 e. The van der Waals surface area contributed by atoms with Gasteiger partial charge in [0.25, 0.3) is 11.8 Å². The summed E-state index contributed by atoms with van der Waals surface area (Å²) in [7, 11) is 1.84. The highest BCUT2D eigenvalue weighted by Crippen LogP contribution is 2.25. The molecule has 0 spiro atoms. The molecule has 4 rings (SSSR count). The zero-order valence-electron chi connectivity index (χ0n) is 14.0. The van der Waals surface area contributed by atoms with Crippen molar-refractivity contribution in [2.75, 3.05) is 18.0 Å². The zero-order valence-corrected chi connectivity index (χ0v) is 14.0. The molecule has 0 saturated carbocycles.